The van der Waals surface area contributed by atoms with Crippen LogP contribution in [0.15, 0.2) is 0 Å². The van der Waals surface area contributed by atoms with E-state index in [1.165, 1.54) is 0 Å². The number of rotatable bonds is 3. The monoisotopic (exact) mass is 332 g/mol. The summed E-state index contributed by atoms with van der Waals surface area (Å²) in [6.07, 6.45) is 0. The molecule has 9 heteroatoms. The van der Waals surface area contributed by atoms with E-state index in [0.29, 0.717) is 12.5 Å². The van der Waals surface area contributed by atoms with Gasteiger partial charge in [-0.1, -0.05) is 13.8 Å². The van der Waals surface area contributed by atoms with Gasteiger partial charge in [0.25, 0.3) is 0 Å². The Morgan fingerprint density at radius 1 is 1.31 bits per heavy atom. The SMILES string of the molecule is CC(C)CO.O=[PH]([O-])O[PH](=O)[O-].[Cd+2]. The van der Waals surface area contributed by atoms with Crippen molar-refractivity contribution in [1.29, 1.82) is 0 Å². The van der Waals surface area contributed by atoms with Gasteiger partial charge in [-0.2, -0.15) is 0 Å². The third kappa shape index (κ3) is 31.9. The molecule has 0 aromatic heterocycles. The van der Waals surface area contributed by atoms with Crippen molar-refractivity contribution in [2.24, 2.45) is 5.92 Å². The minimum Gasteiger partial charge on any atom is -0.781 e. The van der Waals surface area contributed by atoms with Gasteiger partial charge in [0.15, 0.2) is 0 Å². The normalized spacial score (nSPS) is 13.7. The Bertz CT molecular complexity index is 140. The van der Waals surface area contributed by atoms with Crippen molar-refractivity contribution >= 4 is 16.5 Å². The van der Waals surface area contributed by atoms with E-state index in [9.17, 15) is 18.9 Å². The zero-order valence-corrected chi connectivity index (χ0v) is 13.5. The third-order valence-electron chi connectivity index (χ3n) is 0.532. The van der Waals surface area contributed by atoms with E-state index in [1.54, 1.807) is 0 Å². The van der Waals surface area contributed by atoms with Crippen LogP contribution >= 0.6 is 16.5 Å². The fraction of sp³-hybridized carbons (Fsp3) is 1.00. The van der Waals surface area contributed by atoms with Gasteiger partial charge < -0.3 is 24.0 Å². The van der Waals surface area contributed by atoms with E-state index in [2.05, 4.69) is 4.31 Å². The smallest absolute Gasteiger partial charge is 0.781 e. The molecule has 0 amide bonds. The topological polar surface area (TPSA) is 110 Å². The van der Waals surface area contributed by atoms with Crippen LogP contribution in [0.25, 0.3) is 0 Å². The van der Waals surface area contributed by atoms with Crippen LogP contribution in [0, 0.1) is 5.92 Å². The van der Waals surface area contributed by atoms with E-state index in [1.807, 2.05) is 13.8 Å². The van der Waals surface area contributed by atoms with E-state index < -0.39 is 16.5 Å². The van der Waals surface area contributed by atoms with Crippen molar-refractivity contribution < 1.29 is 55.6 Å². The van der Waals surface area contributed by atoms with Gasteiger partial charge in [0.05, 0.1) is 0 Å². The molecule has 0 spiro atoms. The van der Waals surface area contributed by atoms with E-state index >= 15 is 0 Å². The Morgan fingerprint density at radius 2 is 1.54 bits per heavy atom. The molecule has 76 valence electrons. The molecule has 0 fully saturated rings. The molecule has 1 N–H and O–H groups in total. The summed E-state index contributed by atoms with van der Waals surface area (Å²) in [5, 5.41) is 8.14. The maximum absolute atomic E-state index is 9.29. The predicted molar refractivity (Wildman–Crippen MR) is 41.0 cm³/mol. The van der Waals surface area contributed by atoms with Gasteiger partial charge in [0, 0.05) is 6.61 Å². The molecule has 0 heterocycles. The van der Waals surface area contributed by atoms with Crippen LogP contribution in [-0.2, 0) is 40.7 Å². The molecule has 0 aromatic carbocycles. The molecule has 0 saturated heterocycles. The van der Waals surface area contributed by atoms with Gasteiger partial charge in [0.2, 0.25) is 0 Å². The number of hydrogen-bond acceptors (Lipinski definition) is 6. The summed E-state index contributed by atoms with van der Waals surface area (Å²) in [5.41, 5.74) is 0. The first-order valence-electron chi connectivity index (χ1n) is 3.10. The summed E-state index contributed by atoms with van der Waals surface area (Å²) in [7, 11) is -7.03. The van der Waals surface area contributed by atoms with Crippen LogP contribution in [0.2, 0.25) is 0 Å². The van der Waals surface area contributed by atoms with Crippen molar-refractivity contribution in [3.63, 3.8) is 0 Å². The molecule has 0 aromatic rings. The summed E-state index contributed by atoms with van der Waals surface area (Å²) in [6.45, 7) is 4.25. The van der Waals surface area contributed by atoms with Crippen LogP contribution in [0.3, 0.4) is 0 Å². The summed E-state index contributed by atoms with van der Waals surface area (Å²) >= 11 is 0. The first kappa shape index (κ1) is 19.7. The van der Waals surface area contributed by atoms with Gasteiger partial charge >= 0.3 is 27.3 Å². The maximum atomic E-state index is 9.29. The second-order valence-corrected chi connectivity index (χ2v) is 3.99. The Kier molecular flexibility index (Phi) is 20.1. The summed E-state index contributed by atoms with van der Waals surface area (Å²) in [6, 6.07) is 0. The van der Waals surface area contributed by atoms with E-state index in [-0.39, 0.29) is 27.3 Å². The molecule has 0 aliphatic rings. The molecule has 0 aliphatic heterocycles. The Labute approximate surface area is 98.4 Å². The van der Waals surface area contributed by atoms with E-state index in [0.717, 1.165) is 0 Å². The fourth-order valence-corrected chi connectivity index (χ4v) is 0.612. The van der Waals surface area contributed by atoms with Gasteiger partial charge in [-0.15, -0.1) is 0 Å². The first-order chi connectivity index (χ1) is 5.40. The minimum atomic E-state index is -3.51. The third-order valence-corrected chi connectivity index (χ3v) is 1.87. The van der Waals surface area contributed by atoms with Crippen molar-refractivity contribution in [2.75, 3.05) is 6.61 Å². The zero-order valence-electron chi connectivity index (χ0n) is 7.48. The van der Waals surface area contributed by atoms with Crippen molar-refractivity contribution in [3.05, 3.63) is 0 Å². The standard InChI is InChI=1S/C4H10O.Cd.H4O5P2/c1-4(2)3-5;;1-6(2)5-7(3)4/h4-5H,3H2,1-2H3;;6-7H,(H,1,2)(H,3,4)/q;+2;/p-2. The zero-order chi connectivity index (χ0) is 10.1. The van der Waals surface area contributed by atoms with Crippen LogP contribution in [0.1, 0.15) is 13.8 Å². The number of aliphatic hydroxyl groups is 1. The first-order valence-corrected chi connectivity index (χ1v) is 5.55. The van der Waals surface area contributed by atoms with Gasteiger partial charge in [-0.05, 0) is 5.92 Å². The second kappa shape index (κ2) is 13.2. The van der Waals surface area contributed by atoms with Crippen molar-refractivity contribution in [2.45, 2.75) is 13.8 Å². The predicted octanol–water partition coefficient (Wildman–Crippen LogP) is -0.865. The molecule has 6 nitrogen and oxygen atoms in total. The maximum Gasteiger partial charge on any atom is 2.00 e. The number of aliphatic hydroxyl groups excluding tert-OH is 1. The molecule has 13 heavy (non-hydrogen) atoms. The van der Waals surface area contributed by atoms with Gasteiger partial charge in [-0.3, -0.25) is 4.31 Å². The molecule has 0 rings (SSSR count). The summed E-state index contributed by atoms with van der Waals surface area (Å²) in [5.74, 6) is 0.440. The Morgan fingerprint density at radius 3 is 1.54 bits per heavy atom. The molecular formula is C4H12CdO6P2. The fourth-order valence-electron chi connectivity index (χ4n) is 0.0680. The van der Waals surface area contributed by atoms with Gasteiger partial charge in [0.1, 0.15) is 16.5 Å². The van der Waals surface area contributed by atoms with Crippen LogP contribution in [0.4, 0.5) is 0 Å². The average Bonchev–Trinajstić information content (AvgIpc) is 1.85. The molecule has 0 bridgehead atoms. The van der Waals surface area contributed by atoms with Crippen molar-refractivity contribution in [1.82, 2.24) is 0 Å². The molecular weight excluding hydrogens is 318 g/mol. The Balaban J connectivity index is -0.000000150. The summed E-state index contributed by atoms with van der Waals surface area (Å²) < 4.78 is 21.8. The second-order valence-electron chi connectivity index (χ2n) is 2.18. The van der Waals surface area contributed by atoms with Crippen LogP contribution in [0.5, 0.6) is 0 Å². The molecule has 2 unspecified atom stereocenters. The minimum absolute atomic E-state index is 0. The molecule has 0 saturated carbocycles. The Hall–Kier alpha value is 1.22. The molecule has 0 radical (unpaired) electrons. The average molecular weight is 330 g/mol. The molecule has 2 atom stereocenters. The summed E-state index contributed by atoms with van der Waals surface area (Å²) in [4.78, 5) is 18.6. The largest absolute Gasteiger partial charge is 2.00 e. The van der Waals surface area contributed by atoms with E-state index in [4.69, 9.17) is 5.11 Å². The molecule has 0 aliphatic carbocycles. The van der Waals surface area contributed by atoms with Gasteiger partial charge in [-0.25, -0.2) is 0 Å². The van der Waals surface area contributed by atoms with Crippen LogP contribution < -0.4 is 9.79 Å². The van der Waals surface area contributed by atoms with Crippen LogP contribution in [-0.4, -0.2) is 11.7 Å². The number of hydrogen-bond donors (Lipinski definition) is 1. The van der Waals surface area contributed by atoms with Crippen molar-refractivity contribution in [3.8, 4) is 0 Å². The quantitative estimate of drug-likeness (QED) is 0.532.